The van der Waals surface area contributed by atoms with Gasteiger partial charge in [-0.05, 0) is 38.1 Å². The van der Waals surface area contributed by atoms with E-state index in [0.717, 1.165) is 19.1 Å². The summed E-state index contributed by atoms with van der Waals surface area (Å²) < 4.78 is 45.5. The van der Waals surface area contributed by atoms with Crippen molar-refractivity contribution >= 4 is 22.9 Å². The molecule has 0 unspecified atom stereocenters. The van der Waals surface area contributed by atoms with Crippen LogP contribution in [0.2, 0.25) is 0 Å². The molecule has 16 atom stereocenters. The standard InChI is InChI=1S/C39H48O24/c1-13-24(46)28(50)31(53)36(57-13)58-16-7-17(42)23-18(8-16)59-33(14-3-5-15(41)6-4-14)34(27(23)49)62-38-35(63-37-32(54)29(51)25(47)19(11-40)60-37)30(52)26(48)20(61-38)12-56-22(45)10-39(2,55)9-21(43)44/h3-8,13,19-20,24-26,28-32,35-38,40-42,46-48,50-55H,9-12H2,1-2H3,(H,43,44)/t13-,19+,20+,24-,25+,26-,28+,29-,30-,31+,32+,35+,36-,37-,38-,39-/m0/s1. The first kappa shape index (κ1) is 47.7. The van der Waals surface area contributed by atoms with Gasteiger partial charge in [0, 0.05) is 17.7 Å². The van der Waals surface area contributed by atoms with E-state index in [4.69, 9.17) is 42.7 Å². The average Bonchev–Trinajstić information content (AvgIpc) is 3.21. The lowest BCUT2D eigenvalue weighted by Gasteiger charge is -2.45. The van der Waals surface area contributed by atoms with Gasteiger partial charge in [-0.15, -0.1) is 0 Å². The number of carboxylic acids is 1. The number of carboxylic acid groups (broad SMARTS) is 1. The number of carbonyl (C=O) groups is 2. The number of benzene rings is 2. The number of rotatable bonds is 14. The first-order valence-corrected chi connectivity index (χ1v) is 19.3. The number of ether oxygens (including phenoxy) is 7. The van der Waals surface area contributed by atoms with Crippen molar-refractivity contribution in [3.63, 3.8) is 0 Å². The molecule has 24 heteroatoms. The highest BCUT2D eigenvalue weighted by atomic mass is 16.8. The Morgan fingerprint density at radius 1 is 0.746 bits per heavy atom. The van der Waals surface area contributed by atoms with Gasteiger partial charge in [0.1, 0.15) is 95.9 Å². The number of hydrogen-bond acceptors (Lipinski definition) is 23. The van der Waals surface area contributed by atoms with E-state index in [1.165, 1.54) is 31.2 Å². The third-order valence-corrected chi connectivity index (χ3v) is 10.6. The summed E-state index contributed by atoms with van der Waals surface area (Å²) in [4.78, 5) is 38.3. The van der Waals surface area contributed by atoms with Gasteiger partial charge in [0.05, 0.1) is 31.2 Å². The second kappa shape index (κ2) is 19.1. The van der Waals surface area contributed by atoms with Crippen LogP contribution in [0.3, 0.4) is 0 Å². The predicted molar refractivity (Wildman–Crippen MR) is 203 cm³/mol. The summed E-state index contributed by atoms with van der Waals surface area (Å²) in [6, 6.07) is 6.96. The van der Waals surface area contributed by atoms with E-state index >= 15 is 0 Å². The van der Waals surface area contributed by atoms with Gasteiger partial charge in [-0.2, -0.15) is 0 Å². The molecule has 0 saturated carbocycles. The fraction of sp³-hybridized carbons (Fsp3) is 0.564. The van der Waals surface area contributed by atoms with Crippen molar-refractivity contribution in [2.45, 2.75) is 124 Å². The van der Waals surface area contributed by atoms with E-state index < -0.39 is 164 Å². The number of phenolic OH excluding ortho intramolecular Hbond substituents is 2. The Balaban J connectivity index is 1.39. The number of aromatic hydroxyl groups is 2. The lowest BCUT2D eigenvalue weighted by atomic mass is 9.97. The lowest BCUT2D eigenvalue weighted by molar-refractivity contribution is -0.358. The average molecular weight is 901 g/mol. The van der Waals surface area contributed by atoms with E-state index in [-0.39, 0.29) is 22.6 Å². The van der Waals surface area contributed by atoms with Crippen LogP contribution in [-0.2, 0) is 33.3 Å². The minimum Gasteiger partial charge on any atom is -0.508 e. The first-order chi connectivity index (χ1) is 29.6. The van der Waals surface area contributed by atoms with E-state index in [0.29, 0.717) is 0 Å². The summed E-state index contributed by atoms with van der Waals surface area (Å²) in [5, 5.41) is 135. The van der Waals surface area contributed by atoms with Gasteiger partial charge in [-0.1, -0.05) is 0 Å². The molecule has 3 aliphatic heterocycles. The summed E-state index contributed by atoms with van der Waals surface area (Å²) in [6.07, 6.45) is -28.8. The SMILES string of the molecule is C[C@@H]1O[C@@H](Oc2cc(O)c3c(=O)c(O[C@@H]4O[C@H](COC(=O)C[C@@](C)(O)CC(=O)O)[C@H](O)[C@H](O)[C@H]4O[C@@H]4O[C@H](CO)[C@@H](O)[C@H](O)[C@H]4O)c(-c4ccc(O)cc4)oc3c2)[C@H](O)[C@H](O)[C@H]1O. The summed E-state index contributed by atoms with van der Waals surface area (Å²) in [7, 11) is 0. The van der Waals surface area contributed by atoms with E-state index in [2.05, 4.69) is 0 Å². The molecule has 24 nitrogen and oxygen atoms in total. The van der Waals surface area contributed by atoms with Crippen LogP contribution < -0.4 is 14.9 Å². The fourth-order valence-electron chi connectivity index (χ4n) is 7.14. The van der Waals surface area contributed by atoms with Crippen LogP contribution in [0.15, 0.2) is 45.6 Å². The zero-order valence-electron chi connectivity index (χ0n) is 33.3. The molecule has 1 aromatic heterocycles. The van der Waals surface area contributed by atoms with Crippen LogP contribution in [-0.4, -0.2) is 189 Å². The second-order valence-corrected chi connectivity index (χ2v) is 15.6. The lowest BCUT2D eigenvalue weighted by Crippen LogP contribution is -2.65. The Labute approximate surface area is 354 Å². The molecule has 4 heterocycles. The summed E-state index contributed by atoms with van der Waals surface area (Å²) in [6.45, 7) is 0.663. The Morgan fingerprint density at radius 3 is 2.02 bits per heavy atom. The molecule has 0 aliphatic carbocycles. The van der Waals surface area contributed by atoms with E-state index in [1.54, 1.807) is 0 Å². The highest BCUT2D eigenvalue weighted by Crippen LogP contribution is 2.39. The molecule has 63 heavy (non-hydrogen) atoms. The summed E-state index contributed by atoms with van der Waals surface area (Å²) in [5.74, 6) is -5.15. The van der Waals surface area contributed by atoms with Crippen LogP contribution in [0.5, 0.6) is 23.0 Å². The number of hydrogen-bond donors (Lipinski definition) is 13. The maximum atomic E-state index is 14.5. The topological polar surface area (TPSA) is 392 Å². The van der Waals surface area contributed by atoms with Crippen molar-refractivity contribution in [1.82, 2.24) is 0 Å². The van der Waals surface area contributed by atoms with E-state index in [1.807, 2.05) is 0 Å². The molecule has 2 aromatic carbocycles. The van der Waals surface area contributed by atoms with Gasteiger partial charge in [0.15, 0.2) is 18.2 Å². The zero-order valence-corrected chi connectivity index (χ0v) is 33.3. The minimum atomic E-state index is -2.17. The Bertz CT molecular complexity index is 2140. The molecule has 3 saturated heterocycles. The Kier molecular flexibility index (Phi) is 14.5. The van der Waals surface area contributed by atoms with Crippen molar-refractivity contribution < 1.29 is 114 Å². The smallest absolute Gasteiger partial charge is 0.308 e. The molecule has 0 spiro atoms. The molecule has 6 rings (SSSR count). The van der Waals surface area contributed by atoms with Gasteiger partial charge in [-0.25, -0.2) is 0 Å². The summed E-state index contributed by atoms with van der Waals surface area (Å²) in [5.41, 5.74) is -3.58. The first-order valence-electron chi connectivity index (χ1n) is 19.3. The number of aliphatic hydroxyl groups excluding tert-OH is 9. The van der Waals surface area contributed by atoms with Crippen LogP contribution in [0, 0.1) is 0 Å². The quantitative estimate of drug-likeness (QED) is 0.0691. The second-order valence-electron chi connectivity index (χ2n) is 15.6. The van der Waals surface area contributed by atoms with Crippen molar-refractivity contribution in [2.24, 2.45) is 0 Å². The molecule has 3 fully saturated rings. The highest BCUT2D eigenvalue weighted by molar-refractivity contribution is 5.88. The number of fused-ring (bicyclic) bond motifs is 1. The zero-order chi connectivity index (χ0) is 46.2. The summed E-state index contributed by atoms with van der Waals surface area (Å²) >= 11 is 0. The van der Waals surface area contributed by atoms with Crippen LogP contribution in [0.4, 0.5) is 0 Å². The largest absolute Gasteiger partial charge is 0.508 e. The fourth-order valence-corrected chi connectivity index (χ4v) is 7.14. The van der Waals surface area contributed by atoms with Crippen molar-refractivity contribution in [3.8, 4) is 34.3 Å². The Morgan fingerprint density at radius 2 is 1.37 bits per heavy atom. The number of carbonyl (C=O) groups excluding carboxylic acids is 1. The van der Waals surface area contributed by atoms with Gasteiger partial charge in [0.25, 0.3) is 0 Å². The molecular formula is C39H48O24. The number of phenols is 2. The van der Waals surface area contributed by atoms with Gasteiger partial charge in [-0.3, -0.25) is 14.4 Å². The Hall–Kier alpha value is -4.77. The normalized spacial score (nSPS) is 34.5. The third kappa shape index (κ3) is 10.3. The van der Waals surface area contributed by atoms with Gasteiger partial charge in [0.2, 0.25) is 23.8 Å². The maximum absolute atomic E-state index is 14.5. The van der Waals surface area contributed by atoms with E-state index in [9.17, 15) is 75.7 Å². The molecule has 0 bridgehead atoms. The number of aliphatic hydroxyl groups is 10. The van der Waals surface area contributed by atoms with Gasteiger partial charge < -0.3 is 104 Å². The molecule has 0 radical (unpaired) electrons. The minimum absolute atomic E-state index is 0.0197. The molecule has 13 N–H and O–H groups in total. The molecule has 3 aromatic rings. The third-order valence-electron chi connectivity index (χ3n) is 10.6. The highest BCUT2D eigenvalue weighted by Gasteiger charge is 2.52. The monoisotopic (exact) mass is 900 g/mol. The number of esters is 1. The van der Waals surface area contributed by atoms with Crippen molar-refractivity contribution in [1.29, 1.82) is 0 Å². The maximum Gasteiger partial charge on any atom is 0.308 e. The molecular weight excluding hydrogens is 852 g/mol. The van der Waals surface area contributed by atoms with Crippen LogP contribution in [0.1, 0.15) is 26.7 Å². The van der Waals surface area contributed by atoms with Crippen LogP contribution >= 0.6 is 0 Å². The van der Waals surface area contributed by atoms with Crippen LogP contribution in [0.25, 0.3) is 22.3 Å². The molecule has 0 amide bonds. The predicted octanol–water partition coefficient (Wildman–Crippen LogP) is -3.75. The molecule has 348 valence electrons. The van der Waals surface area contributed by atoms with Crippen molar-refractivity contribution in [2.75, 3.05) is 13.2 Å². The van der Waals surface area contributed by atoms with Gasteiger partial charge >= 0.3 is 11.9 Å². The molecule has 3 aliphatic rings. The van der Waals surface area contributed by atoms with Crippen molar-refractivity contribution in [3.05, 3.63) is 46.6 Å². The number of aliphatic carboxylic acids is 1.